The summed E-state index contributed by atoms with van der Waals surface area (Å²) >= 11 is 1.73. The molecule has 0 saturated carbocycles. The number of thiophene rings is 1. The smallest absolute Gasteiger partial charge is 0.164 e. The molecular formula is C43H49IrN2O3S-. The number of furan rings is 1. The van der Waals surface area contributed by atoms with Gasteiger partial charge < -0.3 is 9.52 Å². The number of ketones is 1. The van der Waals surface area contributed by atoms with Crippen molar-refractivity contribution in [3.8, 4) is 21.7 Å². The van der Waals surface area contributed by atoms with Gasteiger partial charge in [-0.25, -0.2) is 0 Å². The van der Waals surface area contributed by atoms with Crippen LogP contribution in [0.1, 0.15) is 93.6 Å². The standard InChI is InChI=1S/C28H21N2OS.C15H28O2.Ir/c1-28(2,3)23-13-20(12-17-6-4-5-7-21(17)23)25-27-18(8-10-30-25)14-24(32-27)22-16-29-15-19-9-11-31-26(19)22;1-7-14(5,8-2)12(16)11-13(17)15(6,9-3)10-4;/h4-11,13-16H,1-3H3;11,16H,7-10H2,1-6H3;/q-1;;/b;12-11-;. The third-order valence-electron chi connectivity index (χ3n) is 10.5. The molecular weight excluding hydrogens is 817 g/mol. The van der Waals surface area contributed by atoms with E-state index < -0.39 is 0 Å². The van der Waals surface area contributed by atoms with E-state index in [0.29, 0.717) is 0 Å². The zero-order chi connectivity index (χ0) is 35.6. The summed E-state index contributed by atoms with van der Waals surface area (Å²) in [4.78, 5) is 22.5. The second-order valence-corrected chi connectivity index (χ2v) is 15.6. The summed E-state index contributed by atoms with van der Waals surface area (Å²) in [7, 11) is 0. The Kier molecular flexibility index (Phi) is 12.3. The molecule has 0 saturated heterocycles. The van der Waals surface area contributed by atoms with Crippen molar-refractivity contribution in [3.63, 3.8) is 0 Å². The van der Waals surface area contributed by atoms with Crippen LogP contribution in [0.5, 0.6) is 0 Å². The summed E-state index contributed by atoms with van der Waals surface area (Å²) < 4.78 is 6.91. The quantitative estimate of drug-likeness (QED) is 0.0890. The van der Waals surface area contributed by atoms with Crippen LogP contribution < -0.4 is 0 Å². The predicted octanol–water partition coefficient (Wildman–Crippen LogP) is 12.7. The molecule has 4 heterocycles. The van der Waals surface area contributed by atoms with Gasteiger partial charge in [-0.3, -0.25) is 14.8 Å². The van der Waals surface area contributed by atoms with Gasteiger partial charge in [0.25, 0.3) is 0 Å². The number of aromatic nitrogens is 2. The van der Waals surface area contributed by atoms with E-state index in [1.54, 1.807) is 17.6 Å². The van der Waals surface area contributed by atoms with Crippen LogP contribution in [0.4, 0.5) is 0 Å². The van der Waals surface area contributed by atoms with E-state index in [1.807, 2.05) is 66.2 Å². The number of hydrogen-bond donors (Lipinski definition) is 1. The van der Waals surface area contributed by atoms with Crippen LogP contribution in [-0.2, 0) is 30.3 Å². The third kappa shape index (κ3) is 7.81. The van der Waals surface area contributed by atoms with Gasteiger partial charge in [0, 0.05) is 76.3 Å². The van der Waals surface area contributed by atoms with Crippen molar-refractivity contribution < 1.29 is 34.4 Å². The molecule has 0 aliphatic carbocycles. The molecule has 0 fully saturated rings. The molecule has 0 aliphatic heterocycles. The van der Waals surface area contributed by atoms with Crippen molar-refractivity contribution >= 4 is 48.9 Å². The number of nitrogens with zero attached hydrogens (tertiary/aromatic N) is 2. The predicted molar refractivity (Wildman–Crippen MR) is 206 cm³/mol. The first-order chi connectivity index (χ1) is 23.3. The van der Waals surface area contributed by atoms with Gasteiger partial charge in [0.15, 0.2) is 5.78 Å². The van der Waals surface area contributed by atoms with Crippen LogP contribution >= 0.6 is 11.3 Å². The van der Waals surface area contributed by atoms with Crippen molar-refractivity contribution in [2.75, 3.05) is 0 Å². The van der Waals surface area contributed by atoms with E-state index in [1.165, 1.54) is 17.0 Å². The number of carbonyl (C=O) groups excluding carboxylic acids is 1. The average molecular weight is 866 g/mol. The Morgan fingerprint density at radius 3 is 2.24 bits per heavy atom. The Balaban J connectivity index is 0.000000269. The van der Waals surface area contributed by atoms with E-state index in [9.17, 15) is 9.90 Å². The van der Waals surface area contributed by atoms with Gasteiger partial charge in [0.2, 0.25) is 0 Å². The molecule has 6 aromatic rings. The second kappa shape index (κ2) is 15.7. The summed E-state index contributed by atoms with van der Waals surface area (Å²) in [5.74, 6) is 0.286. The molecule has 0 aliphatic rings. The number of allylic oxidation sites excluding steroid dienone is 2. The number of pyridine rings is 2. The molecule has 265 valence electrons. The fourth-order valence-electron chi connectivity index (χ4n) is 6.02. The summed E-state index contributed by atoms with van der Waals surface area (Å²) in [6, 6.07) is 20.6. The van der Waals surface area contributed by atoms with Gasteiger partial charge in [-0.1, -0.05) is 91.5 Å². The number of aliphatic hydroxyl groups is 1. The Labute approximate surface area is 314 Å². The van der Waals surface area contributed by atoms with Crippen LogP contribution in [-0.4, -0.2) is 20.9 Å². The minimum absolute atomic E-state index is 0. The van der Waals surface area contributed by atoms with E-state index in [0.717, 1.165) is 73.8 Å². The summed E-state index contributed by atoms with van der Waals surface area (Å²) in [6.07, 6.45) is 12.1. The minimum Gasteiger partial charge on any atom is -0.512 e. The van der Waals surface area contributed by atoms with Crippen LogP contribution in [0.15, 0.2) is 89.6 Å². The summed E-state index contributed by atoms with van der Waals surface area (Å²) in [6.45, 7) is 18.9. The van der Waals surface area contributed by atoms with Gasteiger partial charge in [-0.2, -0.15) is 0 Å². The van der Waals surface area contributed by atoms with Gasteiger partial charge in [-0.05, 0) is 54.7 Å². The van der Waals surface area contributed by atoms with E-state index >= 15 is 0 Å². The number of hydrogen-bond acceptors (Lipinski definition) is 6. The molecule has 50 heavy (non-hydrogen) atoms. The van der Waals surface area contributed by atoms with E-state index in [-0.39, 0.29) is 47.9 Å². The first kappa shape index (κ1) is 39.2. The molecule has 5 nitrogen and oxygen atoms in total. The number of fused-ring (bicyclic) bond motifs is 3. The molecule has 1 N–H and O–H groups in total. The van der Waals surface area contributed by atoms with Crippen LogP contribution in [0.25, 0.3) is 53.5 Å². The fourth-order valence-corrected chi connectivity index (χ4v) is 7.18. The molecule has 0 amide bonds. The normalized spacial score (nSPS) is 12.5. The van der Waals surface area contributed by atoms with Crippen LogP contribution in [0.2, 0.25) is 0 Å². The molecule has 7 heteroatoms. The van der Waals surface area contributed by atoms with Crippen molar-refractivity contribution in [2.45, 2.75) is 93.4 Å². The van der Waals surface area contributed by atoms with Crippen LogP contribution in [0, 0.1) is 16.9 Å². The second-order valence-electron chi connectivity index (χ2n) is 14.5. The topological polar surface area (TPSA) is 76.2 Å². The van der Waals surface area contributed by atoms with Crippen molar-refractivity contribution in [3.05, 3.63) is 96.8 Å². The maximum atomic E-state index is 12.2. The molecule has 1 radical (unpaired) electrons. The first-order valence-electron chi connectivity index (χ1n) is 17.4. The Bertz CT molecular complexity index is 2130. The molecule has 6 rings (SSSR count). The number of carbonyl (C=O) groups is 1. The summed E-state index contributed by atoms with van der Waals surface area (Å²) in [5.41, 5.74) is 4.59. The van der Waals surface area contributed by atoms with Gasteiger partial charge >= 0.3 is 0 Å². The van der Waals surface area contributed by atoms with Gasteiger partial charge in [0.05, 0.1) is 11.8 Å². The first-order valence-corrected chi connectivity index (χ1v) is 18.2. The van der Waals surface area contributed by atoms with E-state index in [4.69, 9.17) is 9.40 Å². The monoisotopic (exact) mass is 866 g/mol. The zero-order valence-electron chi connectivity index (χ0n) is 30.7. The van der Waals surface area contributed by atoms with E-state index in [2.05, 4.69) is 74.3 Å². The maximum Gasteiger partial charge on any atom is 0.164 e. The molecule has 0 bridgehead atoms. The zero-order valence-corrected chi connectivity index (χ0v) is 33.9. The summed E-state index contributed by atoms with van der Waals surface area (Å²) in [5, 5.41) is 14.7. The minimum atomic E-state index is -0.337. The largest absolute Gasteiger partial charge is 0.512 e. The molecule has 0 unspecified atom stereocenters. The van der Waals surface area contributed by atoms with Crippen LogP contribution in [0.3, 0.4) is 0 Å². The van der Waals surface area contributed by atoms with Gasteiger partial charge in [0.1, 0.15) is 11.3 Å². The Morgan fingerprint density at radius 1 is 0.900 bits per heavy atom. The Morgan fingerprint density at radius 2 is 1.58 bits per heavy atom. The molecule has 2 aromatic carbocycles. The van der Waals surface area contributed by atoms with Crippen molar-refractivity contribution in [2.24, 2.45) is 10.8 Å². The fraction of sp³-hybridized carbons (Fsp3) is 0.372. The average Bonchev–Trinajstić information content (AvgIpc) is 3.78. The molecule has 4 aromatic heterocycles. The Hall–Kier alpha value is -3.64. The SMILES string of the molecule is CC(C)(C)c1cc(-c2nccc3cc(-c4cncc5ccoc45)sc23)[c-]c2ccccc12.CCC(C)(CC)C(=O)/C=C(\O)C(C)(CC)CC.[Ir]. The van der Waals surface area contributed by atoms with Crippen molar-refractivity contribution in [1.29, 1.82) is 0 Å². The number of rotatable bonds is 9. The molecule has 0 atom stereocenters. The van der Waals surface area contributed by atoms with Gasteiger partial charge in [-0.15, -0.1) is 40.5 Å². The third-order valence-corrected chi connectivity index (χ3v) is 11.7. The number of aliphatic hydroxyl groups excluding tert-OH is 1. The number of benzene rings is 2. The van der Waals surface area contributed by atoms with Crippen molar-refractivity contribution in [1.82, 2.24) is 9.97 Å². The molecule has 0 spiro atoms. The maximum absolute atomic E-state index is 12.2.